The molecule has 90 valence electrons. The SMILES string of the molecule is Nc1cccc(-c2nc3c(Br)cc(Br)cc3[nH]2)c1. The van der Waals surface area contributed by atoms with Crippen molar-refractivity contribution in [3.63, 3.8) is 0 Å². The first kappa shape index (κ1) is 11.7. The van der Waals surface area contributed by atoms with E-state index in [1.165, 1.54) is 0 Å². The lowest BCUT2D eigenvalue weighted by molar-refractivity contribution is 1.33. The Kier molecular flexibility index (Phi) is 2.87. The molecule has 2 aromatic carbocycles. The molecule has 0 radical (unpaired) electrons. The molecule has 0 spiro atoms. The Labute approximate surface area is 121 Å². The second-order valence-corrected chi connectivity index (χ2v) is 5.76. The standard InChI is InChI=1S/C13H9Br2N3/c14-8-5-10(15)12-11(6-8)17-13(18-12)7-2-1-3-9(16)4-7/h1-6H,16H2,(H,17,18). The number of aromatic nitrogens is 2. The second-order valence-electron chi connectivity index (χ2n) is 3.99. The van der Waals surface area contributed by atoms with Crippen molar-refractivity contribution in [3.8, 4) is 11.4 Å². The van der Waals surface area contributed by atoms with Gasteiger partial charge in [-0.15, -0.1) is 0 Å². The molecule has 0 bridgehead atoms. The van der Waals surface area contributed by atoms with Crippen LogP contribution in [0.4, 0.5) is 5.69 Å². The highest BCUT2D eigenvalue weighted by Crippen LogP contribution is 2.29. The largest absolute Gasteiger partial charge is 0.399 e. The maximum absolute atomic E-state index is 5.79. The number of hydrogen-bond acceptors (Lipinski definition) is 2. The zero-order valence-electron chi connectivity index (χ0n) is 9.24. The van der Waals surface area contributed by atoms with Crippen LogP contribution >= 0.6 is 31.9 Å². The first-order valence-corrected chi connectivity index (χ1v) is 6.93. The lowest BCUT2D eigenvalue weighted by Gasteiger charge is -1.97. The summed E-state index contributed by atoms with van der Waals surface area (Å²) < 4.78 is 1.96. The summed E-state index contributed by atoms with van der Waals surface area (Å²) in [5.74, 6) is 0.816. The van der Waals surface area contributed by atoms with Gasteiger partial charge in [-0.05, 0) is 40.2 Å². The van der Waals surface area contributed by atoms with Crippen LogP contribution in [-0.4, -0.2) is 9.97 Å². The van der Waals surface area contributed by atoms with Crippen molar-refractivity contribution in [2.24, 2.45) is 0 Å². The molecule has 0 unspecified atom stereocenters. The Bertz CT molecular complexity index is 734. The molecule has 3 nitrogen and oxygen atoms in total. The van der Waals surface area contributed by atoms with E-state index in [4.69, 9.17) is 5.73 Å². The van der Waals surface area contributed by atoms with E-state index in [2.05, 4.69) is 41.8 Å². The topological polar surface area (TPSA) is 54.7 Å². The lowest BCUT2D eigenvalue weighted by atomic mass is 10.2. The zero-order chi connectivity index (χ0) is 12.7. The molecule has 1 heterocycles. The number of anilines is 1. The van der Waals surface area contributed by atoms with Crippen LogP contribution in [0.1, 0.15) is 0 Å². The number of benzene rings is 2. The molecule has 0 fully saturated rings. The number of nitrogens with zero attached hydrogens (tertiary/aromatic N) is 1. The van der Waals surface area contributed by atoms with E-state index < -0.39 is 0 Å². The fraction of sp³-hybridized carbons (Fsp3) is 0. The fourth-order valence-electron chi connectivity index (χ4n) is 1.86. The molecule has 18 heavy (non-hydrogen) atoms. The highest BCUT2D eigenvalue weighted by Gasteiger charge is 2.09. The van der Waals surface area contributed by atoms with E-state index >= 15 is 0 Å². The maximum atomic E-state index is 5.79. The molecule has 0 saturated heterocycles. The summed E-state index contributed by atoms with van der Waals surface area (Å²) in [6, 6.07) is 11.6. The number of nitrogen functional groups attached to an aromatic ring is 1. The van der Waals surface area contributed by atoms with Gasteiger partial charge in [-0.1, -0.05) is 28.1 Å². The van der Waals surface area contributed by atoms with E-state index in [1.807, 2.05) is 36.4 Å². The number of halogens is 2. The number of nitrogens with one attached hydrogen (secondary N) is 1. The molecule has 3 N–H and O–H groups in total. The van der Waals surface area contributed by atoms with Crippen LogP contribution in [0.3, 0.4) is 0 Å². The summed E-state index contributed by atoms with van der Waals surface area (Å²) in [7, 11) is 0. The van der Waals surface area contributed by atoms with Crippen molar-refractivity contribution >= 4 is 48.6 Å². The first-order chi connectivity index (χ1) is 8.63. The fourth-order valence-corrected chi connectivity index (χ4v) is 3.18. The Hall–Kier alpha value is -1.33. The van der Waals surface area contributed by atoms with Gasteiger partial charge in [-0.3, -0.25) is 0 Å². The van der Waals surface area contributed by atoms with E-state index in [0.717, 1.165) is 37.1 Å². The van der Waals surface area contributed by atoms with Crippen LogP contribution < -0.4 is 5.73 Å². The van der Waals surface area contributed by atoms with Gasteiger partial charge in [0.05, 0.1) is 5.52 Å². The van der Waals surface area contributed by atoms with E-state index in [9.17, 15) is 0 Å². The number of imidazole rings is 1. The van der Waals surface area contributed by atoms with Crippen molar-refractivity contribution in [1.82, 2.24) is 9.97 Å². The van der Waals surface area contributed by atoms with Gasteiger partial charge in [-0.2, -0.15) is 0 Å². The van der Waals surface area contributed by atoms with E-state index in [0.29, 0.717) is 0 Å². The number of H-pyrrole nitrogens is 1. The van der Waals surface area contributed by atoms with Gasteiger partial charge in [0.1, 0.15) is 11.3 Å². The second kappa shape index (κ2) is 4.40. The third kappa shape index (κ3) is 2.04. The highest BCUT2D eigenvalue weighted by atomic mass is 79.9. The molecule has 0 aliphatic heterocycles. The molecule has 1 aromatic heterocycles. The Morgan fingerprint density at radius 3 is 2.72 bits per heavy atom. The third-order valence-corrected chi connectivity index (χ3v) is 3.73. The summed E-state index contributed by atoms with van der Waals surface area (Å²) >= 11 is 6.97. The van der Waals surface area contributed by atoms with Gasteiger partial charge < -0.3 is 10.7 Å². The van der Waals surface area contributed by atoms with E-state index in [-0.39, 0.29) is 0 Å². The minimum atomic E-state index is 0.730. The smallest absolute Gasteiger partial charge is 0.138 e. The average Bonchev–Trinajstić information content (AvgIpc) is 2.73. The first-order valence-electron chi connectivity index (χ1n) is 5.34. The van der Waals surface area contributed by atoms with Crippen molar-refractivity contribution in [3.05, 3.63) is 45.3 Å². The molecule has 3 aromatic rings. The minimum Gasteiger partial charge on any atom is -0.399 e. The van der Waals surface area contributed by atoms with Crippen molar-refractivity contribution in [1.29, 1.82) is 0 Å². The van der Waals surface area contributed by atoms with Crippen molar-refractivity contribution in [2.45, 2.75) is 0 Å². The quantitative estimate of drug-likeness (QED) is 0.629. The lowest BCUT2D eigenvalue weighted by Crippen LogP contribution is -1.86. The number of rotatable bonds is 1. The molecule has 0 aliphatic carbocycles. The Balaban J connectivity index is 2.22. The van der Waals surface area contributed by atoms with Gasteiger partial charge >= 0.3 is 0 Å². The van der Waals surface area contributed by atoms with Gasteiger partial charge in [0.25, 0.3) is 0 Å². The Morgan fingerprint density at radius 1 is 1.11 bits per heavy atom. The number of nitrogens with two attached hydrogens (primary N) is 1. The van der Waals surface area contributed by atoms with Gasteiger partial charge in [0, 0.05) is 20.2 Å². The summed E-state index contributed by atoms with van der Waals surface area (Å²) in [6.45, 7) is 0. The molecule has 0 aliphatic rings. The predicted octanol–water partition coefficient (Wildman–Crippen LogP) is 4.34. The van der Waals surface area contributed by atoms with Crippen LogP contribution in [0.15, 0.2) is 45.3 Å². The van der Waals surface area contributed by atoms with Crippen LogP contribution in [0.25, 0.3) is 22.4 Å². The average molecular weight is 367 g/mol. The van der Waals surface area contributed by atoms with Crippen LogP contribution in [0, 0.1) is 0 Å². The van der Waals surface area contributed by atoms with Crippen molar-refractivity contribution in [2.75, 3.05) is 5.73 Å². The molecule has 5 heteroatoms. The van der Waals surface area contributed by atoms with E-state index in [1.54, 1.807) is 0 Å². The minimum absolute atomic E-state index is 0.730. The van der Waals surface area contributed by atoms with Gasteiger partial charge in [0.15, 0.2) is 0 Å². The molecule has 0 amide bonds. The van der Waals surface area contributed by atoms with Gasteiger partial charge in [0.2, 0.25) is 0 Å². The van der Waals surface area contributed by atoms with Gasteiger partial charge in [-0.25, -0.2) is 4.98 Å². The molecular weight excluding hydrogens is 358 g/mol. The normalized spacial score (nSPS) is 11.0. The zero-order valence-corrected chi connectivity index (χ0v) is 12.4. The maximum Gasteiger partial charge on any atom is 0.138 e. The monoisotopic (exact) mass is 365 g/mol. The van der Waals surface area contributed by atoms with Crippen LogP contribution in [0.5, 0.6) is 0 Å². The molecular formula is C13H9Br2N3. The molecule has 3 rings (SSSR count). The Morgan fingerprint density at radius 2 is 1.94 bits per heavy atom. The number of aromatic amines is 1. The summed E-state index contributed by atoms with van der Waals surface area (Å²) in [4.78, 5) is 7.88. The van der Waals surface area contributed by atoms with Crippen molar-refractivity contribution < 1.29 is 0 Å². The molecule has 0 saturated carbocycles. The number of fused-ring (bicyclic) bond motifs is 1. The van der Waals surface area contributed by atoms with Crippen LogP contribution in [-0.2, 0) is 0 Å². The summed E-state index contributed by atoms with van der Waals surface area (Å²) in [6.07, 6.45) is 0. The number of hydrogen-bond donors (Lipinski definition) is 2. The van der Waals surface area contributed by atoms with Crippen LogP contribution in [0.2, 0.25) is 0 Å². The predicted molar refractivity (Wildman–Crippen MR) is 81.3 cm³/mol. The molecule has 0 atom stereocenters. The highest BCUT2D eigenvalue weighted by molar-refractivity contribution is 9.11. The summed E-state index contributed by atoms with van der Waals surface area (Å²) in [5.41, 5.74) is 9.39. The summed E-state index contributed by atoms with van der Waals surface area (Å²) in [5, 5.41) is 0. The third-order valence-electron chi connectivity index (χ3n) is 2.66.